The van der Waals surface area contributed by atoms with Gasteiger partial charge in [0.2, 0.25) is 0 Å². The Kier molecular flexibility index (Phi) is 3.68. The molecular weight excluding hydrogens is 274 g/mol. The molecule has 1 aromatic carbocycles. The van der Waals surface area contributed by atoms with Crippen molar-refractivity contribution < 1.29 is 19.7 Å². The molecule has 21 heavy (non-hydrogen) atoms. The molecule has 1 aliphatic rings. The molecule has 2 aromatic rings. The molecule has 1 aromatic heterocycles. The Bertz CT molecular complexity index is 662. The summed E-state index contributed by atoms with van der Waals surface area (Å²) in [4.78, 5) is 11.1. The number of aromatic carboxylic acids is 1. The summed E-state index contributed by atoms with van der Waals surface area (Å²) >= 11 is 0. The molecule has 1 saturated heterocycles. The second kappa shape index (κ2) is 5.63. The average molecular weight is 289 g/mol. The fourth-order valence-electron chi connectivity index (χ4n) is 2.51. The Morgan fingerprint density at radius 3 is 3.00 bits per heavy atom. The minimum absolute atomic E-state index is 0.171. The van der Waals surface area contributed by atoms with Gasteiger partial charge in [0.25, 0.3) is 0 Å². The van der Waals surface area contributed by atoms with Crippen LogP contribution >= 0.6 is 0 Å². The standard InChI is InChI=1S/C14H15N3O4/c18-8-11-13(12-5-2-6-21-12)17(16-15-11)10-4-1-3-9(7-10)14(19)20/h1,3-4,7,12,18H,2,5-6,8H2,(H,19,20). The average Bonchev–Trinajstić information content (AvgIpc) is 3.15. The number of carbonyl (C=O) groups is 1. The third-order valence-electron chi connectivity index (χ3n) is 3.50. The van der Waals surface area contributed by atoms with Crippen molar-refractivity contribution in [2.75, 3.05) is 6.61 Å². The fraction of sp³-hybridized carbons (Fsp3) is 0.357. The molecule has 0 radical (unpaired) electrons. The first-order valence-corrected chi connectivity index (χ1v) is 6.71. The highest BCUT2D eigenvalue weighted by molar-refractivity contribution is 5.88. The molecule has 1 fully saturated rings. The fourth-order valence-corrected chi connectivity index (χ4v) is 2.51. The zero-order valence-corrected chi connectivity index (χ0v) is 11.3. The van der Waals surface area contributed by atoms with Gasteiger partial charge in [-0.3, -0.25) is 0 Å². The van der Waals surface area contributed by atoms with E-state index in [9.17, 15) is 9.90 Å². The number of aliphatic hydroxyl groups is 1. The van der Waals surface area contributed by atoms with Gasteiger partial charge in [0, 0.05) is 6.61 Å². The molecule has 0 bridgehead atoms. The second-order valence-electron chi connectivity index (χ2n) is 4.85. The van der Waals surface area contributed by atoms with Crippen molar-refractivity contribution in [3.63, 3.8) is 0 Å². The number of benzene rings is 1. The lowest BCUT2D eigenvalue weighted by Crippen LogP contribution is -2.10. The van der Waals surface area contributed by atoms with Crippen LogP contribution in [-0.4, -0.2) is 37.8 Å². The first kappa shape index (κ1) is 13.7. The Balaban J connectivity index is 2.07. The van der Waals surface area contributed by atoms with Crippen LogP contribution in [0.25, 0.3) is 5.69 Å². The molecule has 1 aliphatic heterocycles. The van der Waals surface area contributed by atoms with Gasteiger partial charge in [0.15, 0.2) is 0 Å². The van der Waals surface area contributed by atoms with Crippen LogP contribution in [0.2, 0.25) is 0 Å². The maximum absolute atomic E-state index is 11.1. The number of aromatic nitrogens is 3. The van der Waals surface area contributed by atoms with Gasteiger partial charge in [-0.25, -0.2) is 9.48 Å². The molecule has 3 rings (SSSR count). The minimum Gasteiger partial charge on any atom is -0.478 e. The number of carboxylic acid groups (broad SMARTS) is 1. The monoisotopic (exact) mass is 289 g/mol. The van der Waals surface area contributed by atoms with Gasteiger partial charge >= 0.3 is 5.97 Å². The Hall–Kier alpha value is -2.25. The van der Waals surface area contributed by atoms with E-state index >= 15 is 0 Å². The number of nitrogens with zero attached hydrogens (tertiary/aromatic N) is 3. The van der Waals surface area contributed by atoms with Crippen LogP contribution in [0.3, 0.4) is 0 Å². The molecule has 0 spiro atoms. The number of hydrogen-bond donors (Lipinski definition) is 2. The summed E-state index contributed by atoms with van der Waals surface area (Å²) in [6, 6.07) is 6.44. The quantitative estimate of drug-likeness (QED) is 0.880. The molecule has 0 aliphatic carbocycles. The predicted octanol–water partition coefficient (Wildman–Crippen LogP) is 1.31. The van der Waals surface area contributed by atoms with E-state index in [1.165, 1.54) is 12.1 Å². The van der Waals surface area contributed by atoms with Crippen LogP contribution in [-0.2, 0) is 11.3 Å². The van der Waals surface area contributed by atoms with Crippen molar-refractivity contribution in [1.29, 1.82) is 0 Å². The molecule has 2 heterocycles. The summed E-state index contributed by atoms with van der Waals surface area (Å²) in [5.41, 5.74) is 1.92. The molecule has 1 atom stereocenters. The van der Waals surface area contributed by atoms with Crippen LogP contribution in [0.5, 0.6) is 0 Å². The summed E-state index contributed by atoms with van der Waals surface area (Å²) in [6.07, 6.45) is 1.60. The molecule has 110 valence electrons. The SMILES string of the molecule is O=C(O)c1cccc(-n2nnc(CO)c2C2CCCO2)c1. The van der Waals surface area contributed by atoms with Crippen LogP contribution in [0, 0.1) is 0 Å². The van der Waals surface area contributed by atoms with Crippen LogP contribution in [0.4, 0.5) is 0 Å². The van der Waals surface area contributed by atoms with Crippen molar-refractivity contribution in [1.82, 2.24) is 15.0 Å². The lowest BCUT2D eigenvalue weighted by atomic mass is 10.1. The summed E-state index contributed by atoms with van der Waals surface area (Å²) in [6.45, 7) is 0.434. The van der Waals surface area contributed by atoms with Crippen LogP contribution < -0.4 is 0 Å². The van der Waals surface area contributed by atoms with E-state index in [-0.39, 0.29) is 18.3 Å². The number of aliphatic hydroxyl groups excluding tert-OH is 1. The highest BCUT2D eigenvalue weighted by atomic mass is 16.5. The molecule has 1 unspecified atom stereocenters. The summed E-state index contributed by atoms with van der Waals surface area (Å²) < 4.78 is 7.20. The van der Waals surface area contributed by atoms with E-state index in [4.69, 9.17) is 9.84 Å². The normalized spacial score (nSPS) is 18.0. The number of ether oxygens (including phenoxy) is 1. The molecular formula is C14H15N3O4. The van der Waals surface area contributed by atoms with E-state index in [0.29, 0.717) is 23.7 Å². The number of rotatable bonds is 4. The summed E-state index contributed by atoms with van der Waals surface area (Å²) in [5, 5.41) is 26.5. The Morgan fingerprint density at radius 1 is 1.48 bits per heavy atom. The lowest BCUT2D eigenvalue weighted by Gasteiger charge is -2.13. The summed E-state index contributed by atoms with van der Waals surface area (Å²) in [7, 11) is 0. The minimum atomic E-state index is -1.00. The maximum Gasteiger partial charge on any atom is 0.335 e. The third-order valence-corrected chi connectivity index (χ3v) is 3.50. The van der Waals surface area contributed by atoms with E-state index in [1.54, 1.807) is 16.8 Å². The van der Waals surface area contributed by atoms with Gasteiger partial charge in [-0.15, -0.1) is 5.10 Å². The number of hydrogen-bond acceptors (Lipinski definition) is 5. The van der Waals surface area contributed by atoms with Crippen molar-refractivity contribution in [3.8, 4) is 5.69 Å². The first-order valence-electron chi connectivity index (χ1n) is 6.71. The number of carboxylic acids is 1. The molecule has 7 heteroatoms. The second-order valence-corrected chi connectivity index (χ2v) is 4.85. The van der Waals surface area contributed by atoms with Gasteiger partial charge in [-0.2, -0.15) is 0 Å². The van der Waals surface area contributed by atoms with Crippen LogP contribution in [0.15, 0.2) is 24.3 Å². The molecule has 2 N–H and O–H groups in total. The molecule has 7 nitrogen and oxygen atoms in total. The third kappa shape index (κ3) is 2.53. The lowest BCUT2D eigenvalue weighted by molar-refractivity contribution is 0.0697. The topological polar surface area (TPSA) is 97.5 Å². The predicted molar refractivity (Wildman–Crippen MR) is 72.2 cm³/mol. The maximum atomic E-state index is 11.1. The van der Waals surface area contributed by atoms with E-state index in [2.05, 4.69) is 10.3 Å². The largest absolute Gasteiger partial charge is 0.478 e. The van der Waals surface area contributed by atoms with Gasteiger partial charge in [0.1, 0.15) is 11.8 Å². The molecule has 0 saturated carbocycles. The summed E-state index contributed by atoms with van der Waals surface area (Å²) in [5.74, 6) is -1.00. The van der Waals surface area contributed by atoms with Crippen molar-refractivity contribution >= 4 is 5.97 Å². The Labute approximate surface area is 120 Å². The zero-order chi connectivity index (χ0) is 14.8. The van der Waals surface area contributed by atoms with Crippen LogP contribution in [0.1, 0.15) is 40.7 Å². The van der Waals surface area contributed by atoms with Gasteiger partial charge in [0.05, 0.1) is 23.6 Å². The van der Waals surface area contributed by atoms with Gasteiger partial charge < -0.3 is 14.9 Å². The van der Waals surface area contributed by atoms with Crippen molar-refractivity contribution in [3.05, 3.63) is 41.2 Å². The van der Waals surface area contributed by atoms with Crippen molar-refractivity contribution in [2.24, 2.45) is 0 Å². The smallest absolute Gasteiger partial charge is 0.335 e. The van der Waals surface area contributed by atoms with E-state index in [0.717, 1.165) is 12.8 Å². The Morgan fingerprint density at radius 2 is 2.33 bits per heavy atom. The van der Waals surface area contributed by atoms with E-state index < -0.39 is 5.97 Å². The van der Waals surface area contributed by atoms with Gasteiger partial charge in [-0.1, -0.05) is 11.3 Å². The highest BCUT2D eigenvalue weighted by Gasteiger charge is 2.27. The van der Waals surface area contributed by atoms with Gasteiger partial charge in [-0.05, 0) is 31.0 Å². The van der Waals surface area contributed by atoms with Crippen molar-refractivity contribution in [2.45, 2.75) is 25.6 Å². The van der Waals surface area contributed by atoms with E-state index in [1.807, 2.05) is 0 Å². The highest BCUT2D eigenvalue weighted by Crippen LogP contribution is 2.31. The first-order chi connectivity index (χ1) is 10.2. The molecule has 0 amide bonds. The zero-order valence-electron chi connectivity index (χ0n) is 11.3.